The Hall–Kier alpha value is -0.780. The van der Waals surface area contributed by atoms with Gasteiger partial charge >= 0.3 is 6.30 Å². The van der Waals surface area contributed by atoms with Gasteiger partial charge in [0.2, 0.25) is 0 Å². The third-order valence-electron chi connectivity index (χ3n) is 1.82. The number of anilines is 1. The van der Waals surface area contributed by atoms with E-state index in [2.05, 4.69) is 15.9 Å². The number of hydrogen-bond acceptors (Lipinski definition) is 1. The SMILES string of the molecule is CCN(c1ccc(Br)cc1F)C(F)(F)F. The van der Waals surface area contributed by atoms with Crippen molar-refractivity contribution in [1.82, 2.24) is 0 Å². The summed E-state index contributed by atoms with van der Waals surface area (Å²) in [5.41, 5.74) is -0.465. The Balaban J connectivity index is 3.13. The number of nitrogens with zero attached hydrogens (tertiary/aromatic N) is 1. The van der Waals surface area contributed by atoms with Crippen molar-refractivity contribution in [3.63, 3.8) is 0 Å². The van der Waals surface area contributed by atoms with Gasteiger partial charge in [-0.2, -0.15) is 13.2 Å². The Morgan fingerprint density at radius 1 is 1.33 bits per heavy atom. The normalized spacial score (nSPS) is 11.6. The molecule has 0 aliphatic heterocycles. The van der Waals surface area contributed by atoms with E-state index in [1.165, 1.54) is 13.0 Å². The van der Waals surface area contributed by atoms with Crippen molar-refractivity contribution >= 4 is 21.6 Å². The van der Waals surface area contributed by atoms with Gasteiger partial charge in [0, 0.05) is 11.0 Å². The molecule has 0 N–H and O–H groups in total. The van der Waals surface area contributed by atoms with Gasteiger partial charge in [-0.05, 0) is 25.1 Å². The van der Waals surface area contributed by atoms with Crippen LogP contribution in [0, 0.1) is 5.82 Å². The fourth-order valence-electron chi connectivity index (χ4n) is 1.19. The second-order valence-corrected chi connectivity index (χ2v) is 3.72. The molecule has 0 spiro atoms. The summed E-state index contributed by atoms with van der Waals surface area (Å²) in [6.07, 6.45) is -4.57. The van der Waals surface area contributed by atoms with E-state index in [0.29, 0.717) is 4.47 Å². The predicted octanol–water partition coefficient (Wildman–Crippen LogP) is 3.93. The van der Waals surface area contributed by atoms with E-state index in [1.54, 1.807) is 0 Å². The van der Waals surface area contributed by atoms with Gasteiger partial charge in [0.05, 0.1) is 5.69 Å². The molecule has 0 radical (unpaired) electrons. The number of hydrogen-bond donors (Lipinski definition) is 0. The lowest BCUT2D eigenvalue weighted by Crippen LogP contribution is -2.38. The largest absolute Gasteiger partial charge is 0.485 e. The minimum Gasteiger partial charge on any atom is -0.281 e. The van der Waals surface area contributed by atoms with Crippen LogP contribution >= 0.6 is 15.9 Å². The van der Waals surface area contributed by atoms with Crippen LogP contribution in [-0.4, -0.2) is 12.8 Å². The van der Waals surface area contributed by atoms with Gasteiger partial charge in [0.25, 0.3) is 0 Å². The zero-order chi connectivity index (χ0) is 11.6. The fraction of sp³-hybridized carbons (Fsp3) is 0.333. The molecule has 1 rings (SSSR count). The maximum absolute atomic E-state index is 13.2. The van der Waals surface area contributed by atoms with Crippen LogP contribution in [-0.2, 0) is 0 Å². The van der Waals surface area contributed by atoms with Crippen molar-refractivity contribution in [3.05, 3.63) is 28.5 Å². The second kappa shape index (κ2) is 4.38. The van der Waals surface area contributed by atoms with E-state index in [0.717, 1.165) is 12.1 Å². The van der Waals surface area contributed by atoms with Crippen LogP contribution in [0.5, 0.6) is 0 Å². The van der Waals surface area contributed by atoms with Crippen LogP contribution in [0.4, 0.5) is 23.2 Å². The lowest BCUT2D eigenvalue weighted by molar-refractivity contribution is -0.129. The van der Waals surface area contributed by atoms with Gasteiger partial charge < -0.3 is 0 Å². The Bertz CT molecular complexity index is 350. The van der Waals surface area contributed by atoms with E-state index in [4.69, 9.17) is 0 Å². The molecule has 0 aromatic heterocycles. The molecule has 1 aromatic carbocycles. The molecule has 1 aromatic rings. The highest BCUT2D eigenvalue weighted by molar-refractivity contribution is 9.10. The van der Waals surface area contributed by atoms with Gasteiger partial charge in [0.15, 0.2) is 0 Å². The monoisotopic (exact) mass is 285 g/mol. The van der Waals surface area contributed by atoms with Gasteiger partial charge in [-0.1, -0.05) is 15.9 Å². The molecular formula is C9H8BrF4N. The van der Waals surface area contributed by atoms with Crippen molar-refractivity contribution in [2.45, 2.75) is 13.2 Å². The summed E-state index contributed by atoms with van der Waals surface area (Å²) < 4.78 is 51.0. The first-order valence-corrected chi connectivity index (χ1v) is 4.95. The number of benzene rings is 1. The van der Waals surface area contributed by atoms with Crippen LogP contribution in [0.2, 0.25) is 0 Å². The molecule has 1 nitrogen and oxygen atoms in total. The van der Waals surface area contributed by atoms with Crippen molar-refractivity contribution in [1.29, 1.82) is 0 Å². The number of alkyl halides is 3. The minimum absolute atomic E-state index is 0.0504. The summed E-state index contributed by atoms with van der Waals surface area (Å²) in [7, 11) is 0. The average Bonchev–Trinajstić information content (AvgIpc) is 2.07. The summed E-state index contributed by atoms with van der Waals surface area (Å²) in [5.74, 6) is -0.899. The highest BCUT2D eigenvalue weighted by atomic mass is 79.9. The highest BCUT2D eigenvalue weighted by Gasteiger charge is 2.37. The quantitative estimate of drug-likeness (QED) is 0.588. The van der Waals surface area contributed by atoms with Crippen LogP contribution in [0.1, 0.15) is 6.92 Å². The predicted molar refractivity (Wildman–Crippen MR) is 53.2 cm³/mol. The summed E-state index contributed by atoms with van der Waals surface area (Å²) in [6, 6.07) is 3.47. The third-order valence-corrected chi connectivity index (χ3v) is 2.32. The lowest BCUT2D eigenvalue weighted by Gasteiger charge is -2.25. The molecular weight excluding hydrogens is 278 g/mol. The van der Waals surface area contributed by atoms with E-state index in [9.17, 15) is 17.6 Å². The average molecular weight is 286 g/mol. The lowest BCUT2D eigenvalue weighted by atomic mass is 10.3. The molecule has 0 unspecified atom stereocenters. The Morgan fingerprint density at radius 3 is 2.33 bits per heavy atom. The van der Waals surface area contributed by atoms with E-state index in [-0.39, 0.29) is 11.4 Å². The first-order valence-electron chi connectivity index (χ1n) is 4.15. The second-order valence-electron chi connectivity index (χ2n) is 2.81. The first-order chi connectivity index (χ1) is 6.86. The maximum Gasteiger partial charge on any atom is 0.485 e. The molecule has 0 aliphatic rings. The summed E-state index contributed by atoms with van der Waals surface area (Å²) in [4.78, 5) is 0.0504. The first kappa shape index (κ1) is 12.3. The van der Waals surface area contributed by atoms with Crippen LogP contribution < -0.4 is 4.90 Å². The van der Waals surface area contributed by atoms with Crippen molar-refractivity contribution in [3.8, 4) is 0 Å². The van der Waals surface area contributed by atoms with Crippen molar-refractivity contribution in [2.75, 3.05) is 11.4 Å². The zero-order valence-electron chi connectivity index (χ0n) is 7.78. The summed E-state index contributed by atoms with van der Waals surface area (Å²) in [6.45, 7) is 0.983. The van der Waals surface area contributed by atoms with E-state index in [1.807, 2.05) is 0 Å². The molecule has 0 atom stereocenters. The Kier molecular flexibility index (Phi) is 3.59. The van der Waals surface area contributed by atoms with E-state index >= 15 is 0 Å². The summed E-state index contributed by atoms with van der Waals surface area (Å²) in [5, 5.41) is 0. The molecule has 84 valence electrons. The third kappa shape index (κ3) is 2.84. The van der Waals surface area contributed by atoms with Crippen LogP contribution in [0.3, 0.4) is 0 Å². The summed E-state index contributed by atoms with van der Waals surface area (Å²) >= 11 is 2.98. The molecule has 0 fully saturated rings. The molecule has 0 saturated heterocycles. The molecule has 0 aliphatic carbocycles. The fourth-order valence-corrected chi connectivity index (χ4v) is 1.52. The van der Waals surface area contributed by atoms with Crippen LogP contribution in [0.25, 0.3) is 0 Å². The van der Waals surface area contributed by atoms with Gasteiger partial charge in [-0.15, -0.1) is 0 Å². The van der Waals surface area contributed by atoms with Gasteiger partial charge in [0.1, 0.15) is 5.82 Å². The number of rotatable bonds is 2. The molecule has 0 heterocycles. The van der Waals surface area contributed by atoms with Crippen molar-refractivity contribution in [2.24, 2.45) is 0 Å². The Morgan fingerprint density at radius 2 is 1.93 bits per heavy atom. The standard InChI is InChI=1S/C9H8BrF4N/c1-2-15(9(12,13)14)8-4-3-6(10)5-7(8)11/h3-5H,2H2,1H3. The molecule has 0 bridgehead atoms. The topological polar surface area (TPSA) is 3.24 Å². The number of halogens is 5. The van der Waals surface area contributed by atoms with Crippen molar-refractivity contribution < 1.29 is 17.6 Å². The molecule has 15 heavy (non-hydrogen) atoms. The maximum atomic E-state index is 13.2. The molecule has 6 heteroatoms. The molecule has 0 saturated carbocycles. The smallest absolute Gasteiger partial charge is 0.281 e. The minimum atomic E-state index is -4.57. The highest BCUT2D eigenvalue weighted by Crippen LogP contribution is 2.31. The molecule has 0 amide bonds. The Labute approximate surface area is 92.8 Å². The van der Waals surface area contributed by atoms with Gasteiger partial charge in [-0.3, -0.25) is 4.90 Å². The van der Waals surface area contributed by atoms with Gasteiger partial charge in [-0.25, -0.2) is 4.39 Å². The van der Waals surface area contributed by atoms with Crippen LogP contribution in [0.15, 0.2) is 22.7 Å². The zero-order valence-corrected chi connectivity index (χ0v) is 9.36. The van der Waals surface area contributed by atoms with E-state index < -0.39 is 17.8 Å².